The van der Waals surface area contributed by atoms with Crippen LogP contribution >= 0.6 is 0 Å². The van der Waals surface area contributed by atoms with Gasteiger partial charge < -0.3 is 0 Å². The van der Waals surface area contributed by atoms with Crippen LogP contribution in [0.1, 0.15) is 54.1 Å². The molecule has 1 aliphatic rings. The zero-order chi connectivity index (χ0) is 13.8. The number of rotatable bonds is 4. The largest absolute Gasteiger partial charge is 0.256 e. The summed E-state index contributed by atoms with van der Waals surface area (Å²) in [5.41, 5.74) is 6.58. The highest BCUT2D eigenvalue weighted by Gasteiger charge is 2.10. The molecule has 1 aromatic heterocycles. The molecular formula is C19H21N. The number of benzene rings is 1. The first-order chi connectivity index (χ1) is 9.86. The molecule has 0 spiro atoms. The Morgan fingerprint density at radius 3 is 2.85 bits per heavy atom. The summed E-state index contributed by atoms with van der Waals surface area (Å²) >= 11 is 0. The Kier molecular flexibility index (Phi) is 3.96. The number of pyridine rings is 1. The van der Waals surface area contributed by atoms with Gasteiger partial charge in [-0.3, -0.25) is 4.98 Å². The molecular weight excluding hydrogens is 242 g/mol. The fraction of sp³-hybridized carbons (Fsp3) is 0.316. The second-order valence-corrected chi connectivity index (χ2v) is 5.55. The van der Waals surface area contributed by atoms with Crippen LogP contribution < -0.4 is 0 Å². The van der Waals surface area contributed by atoms with Crippen molar-refractivity contribution < 1.29 is 0 Å². The summed E-state index contributed by atoms with van der Waals surface area (Å²) in [7, 11) is 0. The first-order valence-corrected chi connectivity index (χ1v) is 7.60. The maximum atomic E-state index is 4.65. The van der Waals surface area contributed by atoms with E-state index in [1.807, 2.05) is 0 Å². The third kappa shape index (κ3) is 2.82. The van der Waals surface area contributed by atoms with Crippen molar-refractivity contribution in [2.45, 2.75) is 39.0 Å². The van der Waals surface area contributed by atoms with Crippen LogP contribution in [0.2, 0.25) is 0 Å². The highest BCUT2D eigenvalue weighted by molar-refractivity contribution is 5.73. The summed E-state index contributed by atoms with van der Waals surface area (Å²) in [5, 5.41) is 0. The lowest BCUT2D eigenvalue weighted by molar-refractivity contribution is 0.715. The van der Waals surface area contributed by atoms with Gasteiger partial charge in [0.15, 0.2) is 0 Å². The van der Waals surface area contributed by atoms with Crippen molar-refractivity contribution in [3.63, 3.8) is 0 Å². The van der Waals surface area contributed by atoms with Gasteiger partial charge in [0.2, 0.25) is 0 Å². The van der Waals surface area contributed by atoms with Crippen LogP contribution in [0.5, 0.6) is 0 Å². The lowest BCUT2D eigenvalue weighted by Crippen LogP contribution is -1.97. The smallest absolute Gasteiger partial charge is 0.0665 e. The van der Waals surface area contributed by atoms with Crippen molar-refractivity contribution in [3.05, 3.63) is 64.5 Å². The number of aromatic nitrogens is 1. The summed E-state index contributed by atoms with van der Waals surface area (Å²) < 4.78 is 0. The maximum Gasteiger partial charge on any atom is 0.0665 e. The van der Waals surface area contributed by atoms with E-state index in [4.69, 9.17) is 0 Å². The molecule has 20 heavy (non-hydrogen) atoms. The van der Waals surface area contributed by atoms with Gasteiger partial charge in [-0.25, -0.2) is 0 Å². The Labute approximate surface area is 121 Å². The monoisotopic (exact) mass is 263 g/mol. The van der Waals surface area contributed by atoms with Crippen LogP contribution in [-0.2, 0) is 12.8 Å². The molecule has 1 aromatic carbocycles. The van der Waals surface area contributed by atoms with Crippen molar-refractivity contribution in [1.29, 1.82) is 0 Å². The molecule has 2 aromatic rings. The van der Waals surface area contributed by atoms with Gasteiger partial charge in [0.25, 0.3) is 0 Å². The van der Waals surface area contributed by atoms with E-state index < -0.39 is 0 Å². The van der Waals surface area contributed by atoms with Crippen molar-refractivity contribution in [3.8, 4) is 0 Å². The lowest BCUT2D eigenvalue weighted by atomic mass is 9.99. The fourth-order valence-corrected chi connectivity index (χ4v) is 2.81. The summed E-state index contributed by atoms with van der Waals surface area (Å²) in [6.45, 7) is 2.25. The molecule has 1 nitrogen and oxygen atoms in total. The van der Waals surface area contributed by atoms with Crippen LogP contribution in [0.15, 0.2) is 36.5 Å². The number of fused-ring (bicyclic) bond motifs is 2. The van der Waals surface area contributed by atoms with Gasteiger partial charge in [-0.05, 0) is 41.2 Å². The number of hydrogen-bond donors (Lipinski definition) is 0. The van der Waals surface area contributed by atoms with Crippen molar-refractivity contribution in [2.24, 2.45) is 0 Å². The predicted molar refractivity (Wildman–Crippen MR) is 85.6 cm³/mol. The molecule has 0 atom stereocenters. The zero-order valence-electron chi connectivity index (χ0n) is 12.1. The second-order valence-electron chi connectivity index (χ2n) is 5.55. The number of hydrogen-bond acceptors (Lipinski definition) is 1. The van der Waals surface area contributed by atoms with E-state index in [0.29, 0.717) is 0 Å². The van der Waals surface area contributed by atoms with Crippen molar-refractivity contribution >= 4 is 12.2 Å². The Morgan fingerprint density at radius 2 is 1.95 bits per heavy atom. The molecule has 1 heterocycles. The number of unbranched alkanes of at least 4 members (excludes halogenated alkanes) is 2. The molecule has 0 amide bonds. The minimum Gasteiger partial charge on any atom is -0.256 e. The van der Waals surface area contributed by atoms with Crippen LogP contribution in [-0.4, -0.2) is 4.98 Å². The van der Waals surface area contributed by atoms with Crippen LogP contribution in [0.3, 0.4) is 0 Å². The van der Waals surface area contributed by atoms with E-state index >= 15 is 0 Å². The van der Waals surface area contributed by atoms with Crippen molar-refractivity contribution in [1.82, 2.24) is 4.98 Å². The Bertz CT molecular complexity index is 625. The van der Waals surface area contributed by atoms with E-state index in [1.54, 1.807) is 0 Å². The van der Waals surface area contributed by atoms with Crippen LogP contribution in [0.4, 0.5) is 0 Å². The van der Waals surface area contributed by atoms with E-state index in [1.165, 1.54) is 41.5 Å². The Hall–Kier alpha value is -1.89. The normalized spacial score (nSPS) is 12.7. The van der Waals surface area contributed by atoms with Crippen LogP contribution in [0, 0.1) is 0 Å². The van der Waals surface area contributed by atoms with Gasteiger partial charge in [-0.15, -0.1) is 0 Å². The average molecular weight is 263 g/mol. The van der Waals surface area contributed by atoms with E-state index in [9.17, 15) is 0 Å². The third-order valence-electron chi connectivity index (χ3n) is 3.98. The average Bonchev–Trinajstić information content (AvgIpc) is 2.66. The van der Waals surface area contributed by atoms with Gasteiger partial charge in [-0.2, -0.15) is 0 Å². The summed E-state index contributed by atoms with van der Waals surface area (Å²) in [6, 6.07) is 11.0. The molecule has 0 fully saturated rings. The van der Waals surface area contributed by atoms with Gasteiger partial charge in [-0.1, -0.05) is 56.2 Å². The van der Waals surface area contributed by atoms with Crippen LogP contribution in [0.25, 0.3) is 12.2 Å². The minimum absolute atomic E-state index is 0.993. The van der Waals surface area contributed by atoms with Gasteiger partial charge >= 0.3 is 0 Å². The van der Waals surface area contributed by atoms with Crippen molar-refractivity contribution in [2.75, 3.05) is 0 Å². The molecule has 0 radical (unpaired) electrons. The SMILES string of the molecule is CCCCCc1cnc2c(c1)Cc1ccccc1C=C2. The second kappa shape index (κ2) is 6.04. The zero-order valence-corrected chi connectivity index (χ0v) is 12.1. The fourth-order valence-electron chi connectivity index (χ4n) is 2.81. The molecule has 3 rings (SSSR count). The predicted octanol–water partition coefficient (Wildman–Crippen LogP) is 4.89. The molecule has 0 saturated carbocycles. The molecule has 0 saturated heterocycles. The van der Waals surface area contributed by atoms with E-state index in [-0.39, 0.29) is 0 Å². The summed E-state index contributed by atoms with van der Waals surface area (Å²) in [6.07, 6.45) is 12.4. The molecule has 102 valence electrons. The van der Waals surface area contributed by atoms with Gasteiger partial charge in [0.1, 0.15) is 0 Å². The Balaban J connectivity index is 1.87. The molecule has 0 unspecified atom stereocenters. The standard InChI is InChI=1S/C19H21N/c1-2-3-4-7-15-12-18-13-17-9-6-5-8-16(17)10-11-19(18)20-14-15/h5-6,8-12,14H,2-4,7,13H2,1H3. The van der Waals surface area contributed by atoms with Gasteiger partial charge in [0, 0.05) is 12.6 Å². The van der Waals surface area contributed by atoms with E-state index in [0.717, 1.165) is 18.5 Å². The first kappa shape index (κ1) is 13.1. The van der Waals surface area contributed by atoms with E-state index in [2.05, 4.69) is 60.6 Å². The maximum absolute atomic E-state index is 4.65. The van der Waals surface area contributed by atoms with Gasteiger partial charge in [0.05, 0.1) is 5.69 Å². The highest BCUT2D eigenvalue weighted by atomic mass is 14.7. The molecule has 1 aliphatic carbocycles. The summed E-state index contributed by atoms with van der Waals surface area (Å²) in [5.74, 6) is 0. The number of aryl methyl sites for hydroxylation is 1. The molecule has 0 aliphatic heterocycles. The third-order valence-corrected chi connectivity index (χ3v) is 3.98. The number of nitrogens with zero attached hydrogens (tertiary/aromatic N) is 1. The highest BCUT2D eigenvalue weighted by Crippen LogP contribution is 2.24. The minimum atomic E-state index is 0.993. The molecule has 1 heteroatoms. The Morgan fingerprint density at radius 1 is 1.05 bits per heavy atom. The molecule has 0 bridgehead atoms. The summed E-state index contributed by atoms with van der Waals surface area (Å²) in [4.78, 5) is 4.65. The topological polar surface area (TPSA) is 12.9 Å². The lowest BCUT2D eigenvalue weighted by Gasteiger charge is -2.08. The first-order valence-electron chi connectivity index (χ1n) is 7.60. The molecule has 0 N–H and O–H groups in total. The quantitative estimate of drug-likeness (QED) is 0.611.